The molecule has 1 amide bonds. The molecule has 0 unspecified atom stereocenters. The summed E-state index contributed by atoms with van der Waals surface area (Å²) in [7, 11) is 0. The summed E-state index contributed by atoms with van der Waals surface area (Å²) < 4.78 is 0. The van der Waals surface area contributed by atoms with Crippen molar-refractivity contribution in [1.82, 2.24) is 15.3 Å². The lowest BCUT2D eigenvalue weighted by atomic mass is 9.83. The number of hydrogen-bond acceptors (Lipinski definition) is 5. The second-order valence-electron chi connectivity index (χ2n) is 4.90. The SMILES string of the molecule is Nc1c(C(=O)NCCC2CCC2)sc2nccnc12. The van der Waals surface area contributed by atoms with Crippen LogP contribution in [0.1, 0.15) is 35.4 Å². The van der Waals surface area contributed by atoms with Gasteiger partial charge in [-0.15, -0.1) is 11.3 Å². The molecule has 0 bridgehead atoms. The van der Waals surface area contributed by atoms with Crippen molar-refractivity contribution in [2.45, 2.75) is 25.7 Å². The first-order valence-electron chi connectivity index (χ1n) is 6.53. The van der Waals surface area contributed by atoms with Gasteiger partial charge in [0.1, 0.15) is 15.2 Å². The predicted octanol–water partition coefficient (Wildman–Crippen LogP) is 2.19. The standard InChI is InChI=1S/C13H16N4OS/c14-9-10-13(17-7-6-15-10)19-11(9)12(18)16-5-4-8-2-1-3-8/h6-8H,1-5,14H2,(H,16,18). The van der Waals surface area contributed by atoms with Gasteiger partial charge in [-0.3, -0.25) is 4.79 Å². The Hall–Kier alpha value is -1.69. The van der Waals surface area contributed by atoms with Crippen LogP contribution in [-0.4, -0.2) is 22.4 Å². The van der Waals surface area contributed by atoms with Gasteiger partial charge >= 0.3 is 0 Å². The number of amides is 1. The number of nitrogens with two attached hydrogens (primary N) is 1. The number of fused-ring (bicyclic) bond motifs is 1. The number of rotatable bonds is 4. The zero-order valence-corrected chi connectivity index (χ0v) is 11.4. The Balaban J connectivity index is 1.68. The van der Waals surface area contributed by atoms with Crippen LogP contribution in [0, 0.1) is 5.92 Å². The fourth-order valence-corrected chi connectivity index (χ4v) is 3.20. The van der Waals surface area contributed by atoms with Gasteiger partial charge in [-0.2, -0.15) is 0 Å². The van der Waals surface area contributed by atoms with E-state index < -0.39 is 0 Å². The molecule has 0 spiro atoms. The van der Waals surface area contributed by atoms with Gasteiger partial charge in [0, 0.05) is 18.9 Å². The maximum atomic E-state index is 12.1. The summed E-state index contributed by atoms with van der Waals surface area (Å²) in [5, 5.41) is 2.94. The summed E-state index contributed by atoms with van der Waals surface area (Å²) in [6.07, 6.45) is 8.19. The lowest BCUT2D eigenvalue weighted by molar-refractivity contribution is 0.0954. The summed E-state index contributed by atoms with van der Waals surface area (Å²) in [6, 6.07) is 0. The van der Waals surface area contributed by atoms with E-state index >= 15 is 0 Å². The largest absolute Gasteiger partial charge is 0.396 e. The van der Waals surface area contributed by atoms with Crippen LogP contribution in [-0.2, 0) is 0 Å². The highest BCUT2D eigenvalue weighted by molar-refractivity contribution is 7.21. The van der Waals surface area contributed by atoms with E-state index in [2.05, 4.69) is 15.3 Å². The van der Waals surface area contributed by atoms with E-state index in [1.807, 2.05) is 0 Å². The van der Waals surface area contributed by atoms with Gasteiger partial charge in [-0.1, -0.05) is 19.3 Å². The molecule has 0 aromatic carbocycles. The van der Waals surface area contributed by atoms with Gasteiger partial charge in [-0.05, 0) is 12.3 Å². The summed E-state index contributed by atoms with van der Waals surface area (Å²) >= 11 is 1.30. The number of hydrogen-bond donors (Lipinski definition) is 2. The fourth-order valence-electron chi connectivity index (χ4n) is 2.26. The second-order valence-corrected chi connectivity index (χ2v) is 5.90. The number of anilines is 1. The number of nitrogens with one attached hydrogen (secondary N) is 1. The second kappa shape index (κ2) is 5.13. The normalized spacial score (nSPS) is 15.4. The topological polar surface area (TPSA) is 80.9 Å². The average Bonchev–Trinajstić information content (AvgIpc) is 2.70. The molecule has 100 valence electrons. The first-order chi connectivity index (χ1) is 9.25. The minimum absolute atomic E-state index is 0.110. The molecular formula is C13H16N4OS. The number of nitrogen functional groups attached to an aromatic ring is 1. The van der Waals surface area contributed by atoms with Crippen LogP contribution in [0.5, 0.6) is 0 Å². The molecule has 1 aliphatic rings. The Bertz CT molecular complexity index is 606. The number of nitrogens with zero attached hydrogens (tertiary/aromatic N) is 2. The van der Waals surface area contributed by atoms with Gasteiger partial charge in [0.05, 0.1) is 5.69 Å². The number of carbonyl (C=O) groups excluding carboxylic acids is 1. The van der Waals surface area contributed by atoms with E-state index in [0.29, 0.717) is 20.9 Å². The molecule has 0 atom stereocenters. The Morgan fingerprint density at radius 1 is 1.42 bits per heavy atom. The highest BCUT2D eigenvalue weighted by atomic mass is 32.1. The van der Waals surface area contributed by atoms with E-state index in [9.17, 15) is 4.79 Å². The highest BCUT2D eigenvalue weighted by Crippen LogP contribution is 2.31. The van der Waals surface area contributed by atoms with Crippen molar-refractivity contribution in [3.8, 4) is 0 Å². The van der Waals surface area contributed by atoms with E-state index in [1.165, 1.54) is 30.6 Å². The van der Waals surface area contributed by atoms with E-state index in [1.54, 1.807) is 12.4 Å². The quantitative estimate of drug-likeness (QED) is 0.897. The molecule has 5 nitrogen and oxygen atoms in total. The van der Waals surface area contributed by atoms with E-state index in [-0.39, 0.29) is 5.91 Å². The van der Waals surface area contributed by atoms with Gasteiger partial charge in [0.15, 0.2) is 0 Å². The Morgan fingerprint density at radius 3 is 2.89 bits per heavy atom. The summed E-state index contributed by atoms with van der Waals surface area (Å²) in [4.78, 5) is 21.7. The monoisotopic (exact) mass is 276 g/mol. The summed E-state index contributed by atoms with van der Waals surface area (Å²) in [5.41, 5.74) is 7.02. The molecule has 1 saturated carbocycles. The molecule has 0 saturated heterocycles. The average molecular weight is 276 g/mol. The number of aromatic nitrogens is 2. The van der Waals surface area contributed by atoms with Crippen molar-refractivity contribution in [2.75, 3.05) is 12.3 Å². The number of carbonyl (C=O) groups is 1. The maximum Gasteiger partial charge on any atom is 0.263 e. The van der Waals surface area contributed by atoms with Crippen LogP contribution < -0.4 is 11.1 Å². The molecule has 2 aromatic rings. The van der Waals surface area contributed by atoms with E-state index in [4.69, 9.17) is 5.73 Å². The molecule has 1 fully saturated rings. The van der Waals surface area contributed by atoms with Gasteiger partial charge in [0.2, 0.25) is 0 Å². The molecular weight excluding hydrogens is 260 g/mol. The van der Waals surface area contributed by atoms with Crippen LogP contribution in [0.3, 0.4) is 0 Å². The van der Waals surface area contributed by atoms with Gasteiger partial charge < -0.3 is 11.1 Å². The lowest BCUT2D eigenvalue weighted by Gasteiger charge is -2.25. The Morgan fingerprint density at radius 2 is 2.21 bits per heavy atom. The van der Waals surface area contributed by atoms with Gasteiger partial charge in [-0.25, -0.2) is 9.97 Å². The molecule has 6 heteroatoms. The summed E-state index contributed by atoms with van der Waals surface area (Å²) in [5.74, 6) is 0.685. The van der Waals surface area contributed by atoms with Gasteiger partial charge in [0.25, 0.3) is 5.91 Å². The van der Waals surface area contributed by atoms with Crippen LogP contribution in [0.15, 0.2) is 12.4 Å². The lowest BCUT2D eigenvalue weighted by Crippen LogP contribution is -2.27. The molecule has 3 N–H and O–H groups in total. The van der Waals surface area contributed by atoms with Crippen LogP contribution >= 0.6 is 11.3 Å². The Labute approximate surface area is 115 Å². The van der Waals surface area contributed by atoms with Crippen molar-refractivity contribution in [3.05, 3.63) is 17.3 Å². The highest BCUT2D eigenvalue weighted by Gasteiger charge is 2.19. The molecule has 1 aliphatic carbocycles. The minimum atomic E-state index is -0.110. The zero-order valence-electron chi connectivity index (χ0n) is 10.6. The van der Waals surface area contributed by atoms with E-state index in [0.717, 1.165) is 18.9 Å². The smallest absolute Gasteiger partial charge is 0.263 e. The first-order valence-corrected chi connectivity index (χ1v) is 7.34. The third-order valence-corrected chi connectivity index (χ3v) is 4.73. The maximum absolute atomic E-state index is 12.1. The zero-order chi connectivity index (χ0) is 13.2. The fraction of sp³-hybridized carbons (Fsp3) is 0.462. The van der Waals surface area contributed by atoms with Crippen LogP contribution in [0.4, 0.5) is 5.69 Å². The number of thiophene rings is 1. The molecule has 0 radical (unpaired) electrons. The molecule has 2 aromatic heterocycles. The van der Waals surface area contributed by atoms with Crippen molar-refractivity contribution < 1.29 is 4.79 Å². The third-order valence-electron chi connectivity index (χ3n) is 3.63. The van der Waals surface area contributed by atoms with Crippen LogP contribution in [0.25, 0.3) is 10.3 Å². The molecule has 2 heterocycles. The first kappa shape index (κ1) is 12.3. The summed E-state index contributed by atoms with van der Waals surface area (Å²) in [6.45, 7) is 0.720. The Kier molecular flexibility index (Phi) is 3.33. The minimum Gasteiger partial charge on any atom is -0.396 e. The van der Waals surface area contributed by atoms with Crippen molar-refractivity contribution in [2.24, 2.45) is 5.92 Å². The third kappa shape index (κ3) is 2.40. The van der Waals surface area contributed by atoms with Crippen LogP contribution in [0.2, 0.25) is 0 Å². The molecule has 0 aliphatic heterocycles. The molecule has 19 heavy (non-hydrogen) atoms. The molecule has 3 rings (SSSR count). The predicted molar refractivity (Wildman–Crippen MR) is 76.1 cm³/mol. The van der Waals surface area contributed by atoms with Crippen molar-refractivity contribution in [1.29, 1.82) is 0 Å². The van der Waals surface area contributed by atoms with Crippen molar-refractivity contribution in [3.63, 3.8) is 0 Å². The van der Waals surface area contributed by atoms with Crippen molar-refractivity contribution >= 4 is 33.3 Å².